The molecule has 0 aromatic rings. The second-order valence-electron chi connectivity index (χ2n) is 5.68. The third-order valence-electron chi connectivity index (χ3n) is 1.39. The van der Waals surface area contributed by atoms with Gasteiger partial charge in [0.1, 0.15) is 16.4 Å². The number of amidine groups is 1. The summed E-state index contributed by atoms with van der Waals surface area (Å²) in [5, 5.41) is 5.20. The quantitative estimate of drug-likeness (QED) is 0.273. The van der Waals surface area contributed by atoms with Crippen LogP contribution in [0.3, 0.4) is 0 Å². The highest BCUT2D eigenvalue weighted by atomic mass is 32.2. The third-order valence-corrected chi connectivity index (χ3v) is 2.79. The van der Waals surface area contributed by atoms with Gasteiger partial charge in [0.05, 0.1) is 0 Å². The summed E-state index contributed by atoms with van der Waals surface area (Å²) in [5.74, 6) is 0. The standard InChI is InChI=1S/C11H22N2O4S/c1-10(2,3)16-8(14)18(7(12)13)9(15)17-11(4,5)6/h18H,1-6H3,(H3,12,13). The first-order valence-electron chi connectivity index (χ1n) is 5.43. The first-order valence-corrected chi connectivity index (χ1v) is 6.78. The molecule has 3 N–H and O–H groups in total. The normalized spacial score (nSPS) is 12.7. The van der Waals surface area contributed by atoms with Gasteiger partial charge in [-0.25, -0.2) is 9.59 Å². The lowest BCUT2D eigenvalue weighted by atomic mass is 10.2. The van der Waals surface area contributed by atoms with Crippen LogP contribution in [0.25, 0.3) is 0 Å². The number of hydrogen-bond acceptors (Lipinski definition) is 5. The molecule has 0 aromatic carbocycles. The summed E-state index contributed by atoms with van der Waals surface area (Å²) in [6, 6.07) is 0. The molecule has 0 fully saturated rings. The second-order valence-corrected chi connectivity index (χ2v) is 7.56. The van der Waals surface area contributed by atoms with Crippen LogP contribution in [-0.2, 0) is 9.47 Å². The fourth-order valence-electron chi connectivity index (χ4n) is 0.886. The Balaban J connectivity index is 4.93. The SMILES string of the molecule is CC(C)(C)OC(=O)[SH](C(=N)N)C(=O)OC(C)(C)C. The minimum Gasteiger partial charge on any atom is -0.452 e. The molecule has 0 aliphatic rings. The van der Waals surface area contributed by atoms with Gasteiger partial charge in [-0.1, -0.05) is 0 Å². The molecular weight excluding hydrogens is 256 g/mol. The highest BCUT2D eigenvalue weighted by Gasteiger charge is 2.33. The Morgan fingerprint density at radius 2 is 1.22 bits per heavy atom. The molecular formula is C11H22N2O4S. The number of carbonyl (C=O) groups excluding carboxylic acids is 2. The monoisotopic (exact) mass is 278 g/mol. The van der Waals surface area contributed by atoms with Crippen molar-refractivity contribution in [2.75, 3.05) is 0 Å². The van der Waals surface area contributed by atoms with Crippen LogP contribution in [0, 0.1) is 5.41 Å². The number of nitrogens with two attached hydrogens (primary N) is 1. The first-order chi connectivity index (χ1) is 7.83. The van der Waals surface area contributed by atoms with E-state index in [9.17, 15) is 9.59 Å². The van der Waals surface area contributed by atoms with E-state index in [1.54, 1.807) is 41.5 Å². The third kappa shape index (κ3) is 6.48. The van der Waals surface area contributed by atoms with E-state index in [-0.39, 0.29) is 0 Å². The van der Waals surface area contributed by atoms with Gasteiger partial charge in [0.15, 0.2) is 0 Å². The van der Waals surface area contributed by atoms with E-state index in [4.69, 9.17) is 20.6 Å². The summed E-state index contributed by atoms with van der Waals surface area (Å²) >= 11 is 0. The Labute approximate surface area is 110 Å². The van der Waals surface area contributed by atoms with Crippen molar-refractivity contribution in [2.45, 2.75) is 52.7 Å². The van der Waals surface area contributed by atoms with Gasteiger partial charge in [-0.05, 0) is 41.5 Å². The van der Waals surface area contributed by atoms with Gasteiger partial charge in [-0.2, -0.15) is 0 Å². The van der Waals surface area contributed by atoms with Crippen molar-refractivity contribution in [3.05, 3.63) is 0 Å². The van der Waals surface area contributed by atoms with E-state index in [2.05, 4.69) is 0 Å². The van der Waals surface area contributed by atoms with Crippen LogP contribution < -0.4 is 5.73 Å². The molecule has 0 saturated carbocycles. The van der Waals surface area contributed by atoms with E-state index in [1.807, 2.05) is 0 Å². The topological polar surface area (TPSA) is 102 Å². The van der Waals surface area contributed by atoms with Crippen LogP contribution in [0.2, 0.25) is 0 Å². The van der Waals surface area contributed by atoms with Crippen molar-refractivity contribution in [1.82, 2.24) is 0 Å². The van der Waals surface area contributed by atoms with Gasteiger partial charge >= 0.3 is 10.6 Å². The zero-order valence-electron chi connectivity index (χ0n) is 11.7. The Hall–Kier alpha value is -1.24. The Bertz CT molecular complexity index is 327. The van der Waals surface area contributed by atoms with Gasteiger partial charge in [-0.3, -0.25) is 5.41 Å². The maximum Gasteiger partial charge on any atom is 0.364 e. The van der Waals surface area contributed by atoms with E-state index < -0.39 is 37.9 Å². The highest BCUT2D eigenvalue weighted by molar-refractivity contribution is 8.51. The molecule has 0 amide bonds. The molecule has 0 saturated heterocycles. The molecule has 0 bridgehead atoms. The largest absolute Gasteiger partial charge is 0.452 e. The van der Waals surface area contributed by atoms with Crippen LogP contribution in [0.5, 0.6) is 0 Å². The number of ether oxygens (including phenoxy) is 2. The Morgan fingerprint density at radius 1 is 0.944 bits per heavy atom. The van der Waals surface area contributed by atoms with Gasteiger partial charge in [0.25, 0.3) is 0 Å². The Kier molecular flexibility index (Phi) is 5.21. The lowest BCUT2D eigenvalue weighted by molar-refractivity contribution is 0.0692. The number of rotatable bonds is 0. The second kappa shape index (κ2) is 5.60. The van der Waals surface area contributed by atoms with Crippen LogP contribution in [0.4, 0.5) is 9.59 Å². The van der Waals surface area contributed by atoms with Crippen LogP contribution in [0.1, 0.15) is 41.5 Å². The first kappa shape index (κ1) is 16.8. The van der Waals surface area contributed by atoms with Crippen molar-refractivity contribution in [2.24, 2.45) is 5.73 Å². The molecule has 106 valence electrons. The molecule has 0 spiro atoms. The maximum absolute atomic E-state index is 11.8. The lowest BCUT2D eigenvalue weighted by Gasteiger charge is -2.27. The van der Waals surface area contributed by atoms with Gasteiger partial charge in [-0.15, -0.1) is 0 Å². The summed E-state index contributed by atoms with van der Waals surface area (Å²) in [7, 11) is -2.23. The summed E-state index contributed by atoms with van der Waals surface area (Å²) in [4.78, 5) is 23.6. The lowest BCUT2D eigenvalue weighted by Crippen LogP contribution is -2.32. The molecule has 18 heavy (non-hydrogen) atoms. The van der Waals surface area contributed by atoms with Gasteiger partial charge in [0.2, 0.25) is 0 Å². The molecule has 7 heteroatoms. The molecule has 0 rings (SSSR count). The van der Waals surface area contributed by atoms with Gasteiger partial charge < -0.3 is 15.2 Å². The zero-order valence-corrected chi connectivity index (χ0v) is 12.6. The average molecular weight is 278 g/mol. The van der Waals surface area contributed by atoms with E-state index in [1.165, 1.54) is 0 Å². The van der Waals surface area contributed by atoms with Gasteiger partial charge in [0, 0.05) is 10.9 Å². The average Bonchev–Trinajstić information content (AvgIpc) is 1.93. The minimum absolute atomic E-state index is 0.520. The highest BCUT2D eigenvalue weighted by Crippen LogP contribution is 2.33. The summed E-state index contributed by atoms with van der Waals surface area (Å²) < 4.78 is 10.1. The van der Waals surface area contributed by atoms with Crippen molar-refractivity contribution in [3.63, 3.8) is 0 Å². The molecule has 0 atom stereocenters. The smallest absolute Gasteiger partial charge is 0.364 e. The zero-order chi connectivity index (χ0) is 14.7. The van der Waals surface area contributed by atoms with Crippen LogP contribution in [-0.4, -0.2) is 27.0 Å². The van der Waals surface area contributed by atoms with Crippen molar-refractivity contribution < 1.29 is 19.1 Å². The molecule has 0 heterocycles. The molecule has 0 aliphatic carbocycles. The summed E-state index contributed by atoms with van der Waals surface area (Å²) in [6.45, 7) is 10.0. The van der Waals surface area contributed by atoms with E-state index in [0.29, 0.717) is 0 Å². The van der Waals surface area contributed by atoms with Crippen LogP contribution in [0.15, 0.2) is 0 Å². The molecule has 0 unspecified atom stereocenters. The fourth-order valence-corrected chi connectivity index (χ4v) is 2.16. The number of carbonyl (C=O) groups is 2. The molecule has 0 radical (unpaired) electrons. The van der Waals surface area contributed by atoms with E-state index >= 15 is 0 Å². The predicted molar refractivity (Wildman–Crippen MR) is 73.4 cm³/mol. The minimum atomic E-state index is -2.23. The molecule has 0 aromatic heterocycles. The number of thiol groups is 1. The van der Waals surface area contributed by atoms with E-state index in [0.717, 1.165) is 0 Å². The van der Waals surface area contributed by atoms with Crippen molar-refractivity contribution in [1.29, 1.82) is 5.41 Å². The van der Waals surface area contributed by atoms with Crippen molar-refractivity contribution >= 4 is 26.7 Å². The Morgan fingerprint density at radius 3 is 1.39 bits per heavy atom. The van der Waals surface area contributed by atoms with Crippen molar-refractivity contribution in [3.8, 4) is 0 Å². The molecule has 0 aliphatic heterocycles. The summed E-state index contributed by atoms with van der Waals surface area (Å²) in [6.07, 6.45) is 0. The molecule has 6 nitrogen and oxygen atoms in total. The maximum atomic E-state index is 11.8. The number of hydrogen-bond donors (Lipinski definition) is 3. The predicted octanol–water partition coefficient (Wildman–Crippen LogP) is 2.75. The summed E-state index contributed by atoms with van der Waals surface area (Å²) in [5.41, 5.74) is 3.80. The van der Waals surface area contributed by atoms with Crippen LogP contribution >= 0.6 is 10.9 Å². The number of nitrogens with one attached hydrogen (secondary N) is 1. The fraction of sp³-hybridized carbons (Fsp3) is 0.727.